The highest BCUT2D eigenvalue weighted by Crippen LogP contribution is 2.35. The van der Waals surface area contributed by atoms with Crippen LogP contribution >= 0.6 is 9.24 Å². The normalized spacial score (nSPS) is 19.1. The zero-order chi connectivity index (χ0) is 11.7. The number of hydrogen-bond acceptors (Lipinski definition) is 3. The lowest BCUT2D eigenvalue weighted by Crippen LogP contribution is -2.29. The molecule has 4 heteroatoms. The van der Waals surface area contributed by atoms with Crippen LogP contribution in [0.3, 0.4) is 0 Å². The van der Waals surface area contributed by atoms with Crippen LogP contribution in [0.2, 0.25) is 0 Å². The molecule has 88 valence electrons. The predicted octanol–water partition coefficient (Wildman–Crippen LogP) is 1.02. The Morgan fingerprint density at radius 2 is 2.06 bits per heavy atom. The first-order valence-corrected chi connectivity index (χ1v) is 6.03. The molecule has 0 fully saturated rings. The molecule has 0 aromatic heterocycles. The highest BCUT2D eigenvalue weighted by molar-refractivity contribution is 7.27. The van der Waals surface area contributed by atoms with Crippen molar-refractivity contribution >= 4 is 14.5 Å². The molecule has 1 aliphatic rings. The van der Waals surface area contributed by atoms with E-state index in [0.717, 1.165) is 36.1 Å². The average molecular weight is 239 g/mol. The number of ether oxygens (including phenoxy) is 2. The monoisotopic (exact) mass is 239 g/mol. The van der Waals surface area contributed by atoms with E-state index in [1.807, 2.05) is 6.07 Å². The van der Waals surface area contributed by atoms with Crippen molar-refractivity contribution in [1.29, 1.82) is 0 Å². The molecule has 0 amide bonds. The molecule has 0 saturated heterocycles. The van der Waals surface area contributed by atoms with Gasteiger partial charge in [0.25, 0.3) is 0 Å². The minimum atomic E-state index is 0.237. The summed E-state index contributed by atoms with van der Waals surface area (Å²) in [6.07, 6.45) is 2.86. The third-order valence-electron chi connectivity index (χ3n) is 3.14. The van der Waals surface area contributed by atoms with Crippen molar-refractivity contribution < 1.29 is 9.47 Å². The Morgan fingerprint density at radius 3 is 2.69 bits per heavy atom. The van der Waals surface area contributed by atoms with Gasteiger partial charge in [0.15, 0.2) is 0 Å². The fourth-order valence-electron chi connectivity index (χ4n) is 2.36. The smallest absolute Gasteiger partial charge is 0.129 e. The minimum Gasteiger partial charge on any atom is -0.496 e. The minimum absolute atomic E-state index is 0.237. The lowest BCUT2D eigenvalue weighted by atomic mass is 9.87. The van der Waals surface area contributed by atoms with E-state index < -0.39 is 0 Å². The van der Waals surface area contributed by atoms with E-state index in [9.17, 15) is 0 Å². The van der Waals surface area contributed by atoms with E-state index >= 15 is 0 Å². The maximum atomic E-state index is 6.00. The first-order chi connectivity index (χ1) is 7.67. The summed E-state index contributed by atoms with van der Waals surface area (Å²) in [6, 6.07) is 2.24. The zero-order valence-electron chi connectivity index (χ0n) is 9.75. The molecule has 2 unspecified atom stereocenters. The molecular formula is C12H18NO2P. The van der Waals surface area contributed by atoms with Gasteiger partial charge in [-0.15, -0.1) is 9.24 Å². The maximum Gasteiger partial charge on any atom is 0.129 e. The van der Waals surface area contributed by atoms with E-state index in [2.05, 4.69) is 9.24 Å². The highest BCUT2D eigenvalue weighted by atomic mass is 31.0. The highest BCUT2D eigenvalue weighted by Gasteiger charge is 2.23. The molecule has 0 heterocycles. The van der Waals surface area contributed by atoms with Gasteiger partial charge in [-0.1, -0.05) is 0 Å². The molecule has 2 atom stereocenters. The SMILES string of the molecule is COc1cc(P)c(OC)c2c1CC(N)CC2. The average Bonchev–Trinajstić information content (AvgIpc) is 2.28. The first-order valence-electron chi connectivity index (χ1n) is 5.45. The van der Waals surface area contributed by atoms with Crippen LogP contribution in [-0.2, 0) is 12.8 Å². The fourth-order valence-corrected chi connectivity index (χ4v) is 2.80. The van der Waals surface area contributed by atoms with Crippen molar-refractivity contribution in [3.63, 3.8) is 0 Å². The van der Waals surface area contributed by atoms with Gasteiger partial charge in [0, 0.05) is 22.5 Å². The summed E-state index contributed by atoms with van der Waals surface area (Å²) in [4.78, 5) is 0. The molecule has 0 bridgehead atoms. The van der Waals surface area contributed by atoms with Gasteiger partial charge in [-0.05, 0) is 25.3 Å². The number of nitrogens with two attached hydrogens (primary N) is 1. The number of fused-ring (bicyclic) bond motifs is 1. The van der Waals surface area contributed by atoms with E-state index in [1.165, 1.54) is 11.1 Å². The van der Waals surface area contributed by atoms with E-state index in [-0.39, 0.29) is 6.04 Å². The van der Waals surface area contributed by atoms with E-state index in [0.29, 0.717) is 0 Å². The van der Waals surface area contributed by atoms with Crippen molar-refractivity contribution in [2.24, 2.45) is 5.73 Å². The quantitative estimate of drug-likeness (QED) is 0.784. The van der Waals surface area contributed by atoms with Gasteiger partial charge in [0.1, 0.15) is 11.5 Å². The molecule has 0 radical (unpaired) electrons. The lowest BCUT2D eigenvalue weighted by Gasteiger charge is -2.26. The van der Waals surface area contributed by atoms with Crippen molar-refractivity contribution in [2.75, 3.05) is 14.2 Å². The van der Waals surface area contributed by atoms with Crippen molar-refractivity contribution in [1.82, 2.24) is 0 Å². The summed E-state index contributed by atoms with van der Waals surface area (Å²) in [6.45, 7) is 0. The van der Waals surface area contributed by atoms with Gasteiger partial charge >= 0.3 is 0 Å². The van der Waals surface area contributed by atoms with Crippen molar-refractivity contribution in [3.05, 3.63) is 17.2 Å². The molecule has 0 aliphatic heterocycles. The predicted molar refractivity (Wildman–Crippen MR) is 68.9 cm³/mol. The third kappa shape index (κ3) is 1.90. The Morgan fingerprint density at radius 1 is 1.31 bits per heavy atom. The Balaban J connectivity index is 2.57. The Hall–Kier alpha value is -0.790. The van der Waals surface area contributed by atoms with Crippen LogP contribution in [0, 0.1) is 0 Å². The van der Waals surface area contributed by atoms with Crippen LogP contribution in [0.15, 0.2) is 6.07 Å². The summed E-state index contributed by atoms with van der Waals surface area (Å²) in [5, 5.41) is 1.05. The van der Waals surface area contributed by atoms with Gasteiger partial charge in [-0.25, -0.2) is 0 Å². The fraction of sp³-hybridized carbons (Fsp3) is 0.500. The van der Waals surface area contributed by atoms with Gasteiger partial charge in [-0.3, -0.25) is 0 Å². The molecule has 1 aliphatic carbocycles. The van der Waals surface area contributed by atoms with E-state index in [1.54, 1.807) is 14.2 Å². The summed E-state index contributed by atoms with van der Waals surface area (Å²) in [5.41, 5.74) is 8.47. The third-order valence-corrected chi connectivity index (χ3v) is 3.57. The molecule has 2 rings (SSSR count). The molecule has 0 spiro atoms. The molecule has 0 saturated carbocycles. The Bertz CT molecular complexity index is 406. The number of hydrogen-bond donors (Lipinski definition) is 1. The Kier molecular flexibility index (Phi) is 3.36. The second-order valence-electron chi connectivity index (χ2n) is 4.16. The summed E-state index contributed by atoms with van der Waals surface area (Å²) >= 11 is 0. The second-order valence-corrected chi connectivity index (χ2v) is 4.78. The number of rotatable bonds is 2. The second kappa shape index (κ2) is 4.60. The van der Waals surface area contributed by atoms with Crippen LogP contribution in [0.5, 0.6) is 11.5 Å². The summed E-state index contributed by atoms with van der Waals surface area (Å²) in [5.74, 6) is 1.89. The molecule has 16 heavy (non-hydrogen) atoms. The summed E-state index contributed by atoms with van der Waals surface area (Å²) in [7, 11) is 6.11. The van der Waals surface area contributed by atoms with Gasteiger partial charge < -0.3 is 15.2 Å². The van der Waals surface area contributed by atoms with Crippen LogP contribution in [0.25, 0.3) is 0 Å². The Labute approximate surface area is 98.5 Å². The van der Waals surface area contributed by atoms with Crippen molar-refractivity contribution in [3.8, 4) is 11.5 Å². The van der Waals surface area contributed by atoms with Gasteiger partial charge in [0.2, 0.25) is 0 Å². The van der Waals surface area contributed by atoms with Crippen LogP contribution < -0.4 is 20.5 Å². The largest absolute Gasteiger partial charge is 0.496 e. The number of methoxy groups -OCH3 is 2. The molecular weight excluding hydrogens is 221 g/mol. The van der Waals surface area contributed by atoms with E-state index in [4.69, 9.17) is 15.2 Å². The first kappa shape index (κ1) is 11.7. The molecule has 1 aromatic rings. The lowest BCUT2D eigenvalue weighted by molar-refractivity contribution is 0.388. The number of benzene rings is 1. The summed E-state index contributed by atoms with van der Waals surface area (Å²) < 4.78 is 10.9. The topological polar surface area (TPSA) is 44.5 Å². The molecule has 1 aromatic carbocycles. The standard InChI is InChI=1S/C12H18NO2P/c1-14-10-6-11(16)12(15-2)8-4-3-7(13)5-9(8)10/h6-7H,3-5,13,16H2,1-2H3. The van der Waals surface area contributed by atoms with Crippen LogP contribution in [0.1, 0.15) is 17.5 Å². The van der Waals surface area contributed by atoms with Gasteiger partial charge in [0.05, 0.1) is 14.2 Å². The molecule has 2 N–H and O–H groups in total. The molecule has 3 nitrogen and oxygen atoms in total. The van der Waals surface area contributed by atoms with Gasteiger partial charge in [-0.2, -0.15) is 0 Å². The maximum absolute atomic E-state index is 6.00. The van der Waals surface area contributed by atoms with Crippen LogP contribution in [0.4, 0.5) is 0 Å². The van der Waals surface area contributed by atoms with Crippen LogP contribution in [-0.4, -0.2) is 20.3 Å². The van der Waals surface area contributed by atoms with Crippen molar-refractivity contribution in [2.45, 2.75) is 25.3 Å². The zero-order valence-corrected chi connectivity index (χ0v) is 10.9.